The van der Waals surface area contributed by atoms with Gasteiger partial charge in [0.05, 0.1) is 12.5 Å². The van der Waals surface area contributed by atoms with Crippen LogP contribution in [0.5, 0.6) is 0 Å². The highest BCUT2D eigenvalue weighted by atomic mass is 35.5. The topological polar surface area (TPSA) is 113 Å². The molecule has 0 spiro atoms. The fourth-order valence-corrected chi connectivity index (χ4v) is 4.15. The summed E-state index contributed by atoms with van der Waals surface area (Å²) in [5.41, 5.74) is 0. The van der Waals surface area contributed by atoms with Crippen molar-refractivity contribution in [3.8, 4) is 0 Å². The minimum atomic E-state index is -1.26. The number of aliphatic carboxylic acids is 1. The van der Waals surface area contributed by atoms with Crippen LogP contribution in [0.4, 0.5) is 0 Å². The number of rotatable bonds is 9. The van der Waals surface area contributed by atoms with Crippen molar-refractivity contribution in [2.24, 2.45) is 0 Å². The normalized spacial score (nSPS) is 19.2. The molecule has 0 aliphatic carbocycles. The maximum absolute atomic E-state index is 12.1. The van der Waals surface area contributed by atoms with Crippen LogP contribution in [0.25, 0.3) is 0 Å². The van der Waals surface area contributed by atoms with Gasteiger partial charge in [0.15, 0.2) is 6.61 Å². The molecular weight excluding hydrogens is 392 g/mol. The van der Waals surface area contributed by atoms with Crippen molar-refractivity contribution in [3.63, 3.8) is 0 Å². The van der Waals surface area contributed by atoms with Crippen LogP contribution in [-0.2, 0) is 30.3 Å². The van der Waals surface area contributed by atoms with Gasteiger partial charge in [0.25, 0.3) is 5.91 Å². The van der Waals surface area contributed by atoms with E-state index in [1.807, 2.05) is 17.5 Å². The number of esters is 1. The van der Waals surface area contributed by atoms with Gasteiger partial charge in [-0.1, -0.05) is 6.07 Å². The second kappa shape index (κ2) is 9.07. The van der Waals surface area contributed by atoms with Gasteiger partial charge in [-0.15, -0.1) is 22.9 Å². The fraction of sp³-hybridized carbons (Fsp3) is 0.429. The number of thiophene rings is 1. The number of halogens is 1. The summed E-state index contributed by atoms with van der Waals surface area (Å²) in [6.45, 7) is -0.728. The molecule has 11 heteroatoms. The lowest BCUT2D eigenvalue weighted by Gasteiger charge is -2.44. The Bertz CT molecular complexity index is 654. The molecule has 0 aromatic carbocycles. The average Bonchev–Trinajstić information content (AvgIpc) is 3.07. The van der Waals surface area contributed by atoms with E-state index in [9.17, 15) is 19.2 Å². The van der Waals surface area contributed by atoms with Crippen LogP contribution in [0.1, 0.15) is 4.88 Å². The van der Waals surface area contributed by atoms with E-state index in [-0.39, 0.29) is 29.9 Å². The van der Waals surface area contributed by atoms with Crippen molar-refractivity contribution in [2.75, 3.05) is 18.2 Å². The standard InChI is InChI=1S/C14H15ClN2O6S2/c15-5-9-13(16-10(18)4-8-2-1-3-24-8)14(22)17(9)25-7-12(21)23-6-11(19)20/h1-3,9,13H,4-7H2,(H,16,18)(H,19,20)/t9-,13+/m1/s1. The number of nitrogens with one attached hydrogen (secondary N) is 1. The van der Waals surface area contributed by atoms with Crippen molar-refractivity contribution < 1.29 is 29.0 Å². The molecule has 0 radical (unpaired) electrons. The Balaban J connectivity index is 1.79. The van der Waals surface area contributed by atoms with Crippen molar-refractivity contribution in [1.82, 2.24) is 9.62 Å². The molecule has 1 aliphatic rings. The largest absolute Gasteiger partial charge is 0.479 e. The van der Waals surface area contributed by atoms with E-state index in [2.05, 4.69) is 10.1 Å². The first-order valence-electron chi connectivity index (χ1n) is 7.13. The summed E-state index contributed by atoms with van der Waals surface area (Å²) in [4.78, 5) is 46.7. The van der Waals surface area contributed by atoms with Crippen molar-refractivity contribution in [3.05, 3.63) is 22.4 Å². The molecule has 8 nitrogen and oxygen atoms in total. The minimum Gasteiger partial charge on any atom is -0.479 e. The molecule has 0 bridgehead atoms. The van der Waals surface area contributed by atoms with Gasteiger partial charge < -0.3 is 15.2 Å². The third-order valence-electron chi connectivity index (χ3n) is 3.24. The summed E-state index contributed by atoms with van der Waals surface area (Å²) >= 11 is 8.18. The highest BCUT2D eigenvalue weighted by Crippen LogP contribution is 2.29. The second-order valence-corrected chi connectivity index (χ2v) is 7.30. The third-order valence-corrected chi connectivity index (χ3v) is 5.52. The highest BCUT2D eigenvalue weighted by molar-refractivity contribution is 7.98. The van der Waals surface area contributed by atoms with Crippen LogP contribution in [-0.4, -0.2) is 63.5 Å². The maximum atomic E-state index is 12.1. The third kappa shape index (κ3) is 5.35. The second-order valence-electron chi connectivity index (χ2n) is 5.01. The number of nitrogens with zero attached hydrogens (tertiary/aromatic N) is 1. The highest BCUT2D eigenvalue weighted by Gasteiger charge is 2.48. The maximum Gasteiger partial charge on any atom is 0.341 e. The van der Waals surface area contributed by atoms with Gasteiger partial charge >= 0.3 is 11.9 Å². The molecule has 1 fully saturated rings. The SMILES string of the molecule is O=C(O)COC(=O)CSN1C(=O)[C@@H](NC(=O)Cc2cccs2)[C@H]1CCl. The molecule has 1 saturated heterocycles. The molecule has 0 saturated carbocycles. The van der Waals surface area contributed by atoms with Crippen molar-refractivity contribution >= 4 is 58.6 Å². The van der Waals surface area contributed by atoms with E-state index >= 15 is 0 Å². The number of hydrogen-bond acceptors (Lipinski definition) is 7. The predicted molar refractivity (Wildman–Crippen MR) is 92.4 cm³/mol. The Morgan fingerprint density at radius 3 is 2.80 bits per heavy atom. The smallest absolute Gasteiger partial charge is 0.341 e. The molecule has 1 aromatic heterocycles. The Kier molecular flexibility index (Phi) is 7.09. The summed E-state index contributed by atoms with van der Waals surface area (Å²) in [5.74, 6) is -2.78. The van der Waals surface area contributed by atoms with E-state index in [1.54, 1.807) is 0 Å². The van der Waals surface area contributed by atoms with Crippen LogP contribution >= 0.6 is 34.9 Å². The number of carbonyl (C=O) groups is 4. The van der Waals surface area contributed by atoms with Crippen LogP contribution in [0.2, 0.25) is 0 Å². The van der Waals surface area contributed by atoms with E-state index in [0.717, 1.165) is 16.8 Å². The fourth-order valence-electron chi connectivity index (χ4n) is 2.09. The quantitative estimate of drug-likeness (QED) is 0.266. The lowest BCUT2D eigenvalue weighted by molar-refractivity contribution is -0.153. The summed E-state index contributed by atoms with van der Waals surface area (Å²) in [6, 6.07) is 2.49. The molecule has 25 heavy (non-hydrogen) atoms. The van der Waals surface area contributed by atoms with Crippen LogP contribution < -0.4 is 5.32 Å². The molecule has 1 aliphatic heterocycles. The number of hydrogen-bond donors (Lipinski definition) is 2. The van der Waals surface area contributed by atoms with Gasteiger partial charge in [0.1, 0.15) is 11.8 Å². The van der Waals surface area contributed by atoms with Crippen LogP contribution in [0.15, 0.2) is 17.5 Å². The summed E-state index contributed by atoms with van der Waals surface area (Å²) in [7, 11) is 0. The predicted octanol–water partition coefficient (Wildman–Crippen LogP) is 0.501. The first-order valence-corrected chi connectivity index (χ1v) is 9.49. The molecule has 0 unspecified atom stereocenters. The lowest BCUT2D eigenvalue weighted by Crippen LogP contribution is -2.69. The number of alkyl halides is 1. The summed E-state index contributed by atoms with van der Waals surface area (Å²) < 4.78 is 5.77. The zero-order valence-corrected chi connectivity index (χ0v) is 15.2. The molecule has 136 valence electrons. The Morgan fingerprint density at radius 1 is 1.44 bits per heavy atom. The van der Waals surface area contributed by atoms with E-state index in [1.165, 1.54) is 15.6 Å². The number of carboxylic acids is 1. The monoisotopic (exact) mass is 406 g/mol. The van der Waals surface area contributed by atoms with Gasteiger partial charge in [-0.2, -0.15) is 0 Å². The van der Waals surface area contributed by atoms with Gasteiger partial charge in [0.2, 0.25) is 5.91 Å². The average molecular weight is 407 g/mol. The van der Waals surface area contributed by atoms with Crippen molar-refractivity contribution in [1.29, 1.82) is 0 Å². The first-order chi connectivity index (χ1) is 11.9. The van der Waals surface area contributed by atoms with Gasteiger partial charge in [-0.05, 0) is 23.4 Å². The van der Waals surface area contributed by atoms with Crippen molar-refractivity contribution in [2.45, 2.75) is 18.5 Å². The van der Waals surface area contributed by atoms with Gasteiger partial charge in [-0.3, -0.25) is 18.7 Å². The minimum absolute atomic E-state index is 0.0901. The lowest BCUT2D eigenvalue weighted by atomic mass is 10.0. The van der Waals surface area contributed by atoms with Gasteiger partial charge in [0, 0.05) is 10.8 Å². The van der Waals surface area contributed by atoms with E-state index in [0.29, 0.717) is 0 Å². The number of carboxylic acid groups (broad SMARTS) is 1. The number of ether oxygens (including phenoxy) is 1. The van der Waals surface area contributed by atoms with Crippen LogP contribution in [0, 0.1) is 0 Å². The number of amides is 2. The Labute approximate surface area is 156 Å². The molecule has 2 heterocycles. The molecule has 2 N–H and O–H groups in total. The molecule has 2 atom stereocenters. The molecule has 2 rings (SSSR count). The van der Waals surface area contributed by atoms with Gasteiger partial charge in [-0.25, -0.2) is 4.79 Å². The summed E-state index contributed by atoms with van der Waals surface area (Å²) in [5, 5.41) is 12.9. The molecular formula is C14H15ClN2O6S2. The molecule has 1 aromatic rings. The molecule has 2 amide bonds. The van der Waals surface area contributed by atoms with E-state index in [4.69, 9.17) is 16.7 Å². The first kappa shape index (κ1) is 19.5. The van der Waals surface area contributed by atoms with E-state index < -0.39 is 30.6 Å². The Hall–Kier alpha value is -1.78. The summed E-state index contributed by atoms with van der Waals surface area (Å²) in [6.07, 6.45) is 0.186. The number of carbonyl (C=O) groups excluding carboxylic acids is 3. The zero-order chi connectivity index (χ0) is 18.4. The Morgan fingerprint density at radius 2 is 2.20 bits per heavy atom. The number of β-lactam (4-membered cyclic amide) rings is 1. The zero-order valence-electron chi connectivity index (χ0n) is 12.8. The van der Waals surface area contributed by atoms with Crippen LogP contribution in [0.3, 0.4) is 0 Å².